The van der Waals surface area contributed by atoms with E-state index in [2.05, 4.69) is 4.72 Å². The van der Waals surface area contributed by atoms with Crippen LogP contribution in [0.3, 0.4) is 0 Å². The van der Waals surface area contributed by atoms with Crippen LogP contribution in [-0.4, -0.2) is 19.9 Å². The zero-order valence-corrected chi connectivity index (χ0v) is 12.8. The topological polar surface area (TPSA) is 89.3 Å². The molecule has 2 rings (SSSR count). The number of non-ortho nitro benzene ring substituents is 1. The molecule has 116 valence electrons. The van der Waals surface area contributed by atoms with E-state index in [0.29, 0.717) is 0 Å². The van der Waals surface area contributed by atoms with Crippen molar-refractivity contribution in [3.63, 3.8) is 0 Å². The second-order valence-corrected chi connectivity index (χ2v) is 6.69. The van der Waals surface area contributed by atoms with Crippen LogP contribution >= 0.6 is 0 Å². The van der Waals surface area contributed by atoms with Crippen molar-refractivity contribution in [2.45, 2.75) is 17.7 Å². The van der Waals surface area contributed by atoms with Gasteiger partial charge in [0, 0.05) is 18.7 Å². The standard InChI is InChI=1S/C15H16N2O4S/c1-12(13-6-3-2-4-7-13)11-16-22(20,21)15-9-5-8-14(10-15)17(18)19/h2-10,12,16H,11H2,1H3/t12-/m1/s1. The average Bonchev–Trinajstić information content (AvgIpc) is 2.53. The van der Waals surface area contributed by atoms with Gasteiger partial charge in [-0.05, 0) is 17.5 Å². The molecule has 6 nitrogen and oxygen atoms in total. The molecule has 0 heterocycles. The average molecular weight is 320 g/mol. The van der Waals surface area contributed by atoms with Crippen molar-refractivity contribution < 1.29 is 13.3 Å². The molecule has 0 unspecified atom stereocenters. The monoisotopic (exact) mass is 320 g/mol. The van der Waals surface area contributed by atoms with E-state index < -0.39 is 14.9 Å². The first-order valence-electron chi connectivity index (χ1n) is 6.69. The first-order chi connectivity index (χ1) is 10.4. The van der Waals surface area contributed by atoms with Crippen molar-refractivity contribution in [3.8, 4) is 0 Å². The summed E-state index contributed by atoms with van der Waals surface area (Å²) in [5, 5.41) is 10.7. The third kappa shape index (κ3) is 3.90. The van der Waals surface area contributed by atoms with Crippen LogP contribution in [0.25, 0.3) is 0 Å². The van der Waals surface area contributed by atoms with E-state index in [9.17, 15) is 18.5 Å². The molecule has 7 heteroatoms. The van der Waals surface area contributed by atoms with Crippen LogP contribution in [0.5, 0.6) is 0 Å². The van der Waals surface area contributed by atoms with Crippen molar-refractivity contribution in [1.29, 1.82) is 0 Å². The highest BCUT2D eigenvalue weighted by Gasteiger charge is 2.18. The summed E-state index contributed by atoms with van der Waals surface area (Å²) in [5.41, 5.74) is 0.767. The van der Waals surface area contributed by atoms with Gasteiger partial charge < -0.3 is 0 Å². The Bertz CT molecular complexity index is 760. The first kappa shape index (κ1) is 16.1. The molecule has 0 spiro atoms. The maximum Gasteiger partial charge on any atom is 0.270 e. The van der Waals surface area contributed by atoms with Crippen LogP contribution in [0.15, 0.2) is 59.5 Å². The number of rotatable bonds is 6. The number of nitro groups is 1. The molecule has 2 aromatic rings. The smallest absolute Gasteiger partial charge is 0.258 e. The summed E-state index contributed by atoms with van der Waals surface area (Å²) in [4.78, 5) is 9.99. The Morgan fingerprint density at radius 2 is 1.82 bits per heavy atom. The van der Waals surface area contributed by atoms with Crippen LogP contribution in [0.1, 0.15) is 18.4 Å². The fourth-order valence-electron chi connectivity index (χ4n) is 1.98. The summed E-state index contributed by atoms with van der Waals surface area (Å²) in [6.45, 7) is 2.13. The summed E-state index contributed by atoms with van der Waals surface area (Å²) >= 11 is 0. The SMILES string of the molecule is C[C@H](CNS(=O)(=O)c1cccc([N+](=O)[O-])c1)c1ccccc1. The fourth-order valence-corrected chi connectivity index (χ4v) is 3.15. The third-order valence-corrected chi connectivity index (χ3v) is 4.71. The number of nitro benzene ring substituents is 1. The number of benzene rings is 2. The fraction of sp³-hybridized carbons (Fsp3) is 0.200. The van der Waals surface area contributed by atoms with E-state index in [1.807, 2.05) is 37.3 Å². The highest BCUT2D eigenvalue weighted by molar-refractivity contribution is 7.89. The zero-order valence-electron chi connectivity index (χ0n) is 12.0. The van der Waals surface area contributed by atoms with Gasteiger partial charge in [0.25, 0.3) is 5.69 Å². The lowest BCUT2D eigenvalue weighted by Crippen LogP contribution is -2.27. The minimum absolute atomic E-state index is 0.00493. The Kier molecular flexibility index (Phi) is 4.89. The molecule has 1 atom stereocenters. The summed E-state index contributed by atoms with van der Waals surface area (Å²) < 4.78 is 26.9. The molecule has 2 aromatic carbocycles. The Labute approximate surface area is 129 Å². The van der Waals surface area contributed by atoms with Crippen LogP contribution < -0.4 is 4.72 Å². The number of hydrogen-bond donors (Lipinski definition) is 1. The van der Waals surface area contributed by atoms with Gasteiger partial charge in [0.2, 0.25) is 10.0 Å². The summed E-state index contributed by atoms with van der Waals surface area (Å²) in [7, 11) is -3.77. The van der Waals surface area contributed by atoms with Gasteiger partial charge in [-0.15, -0.1) is 0 Å². The van der Waals surface area contributed by atoms with Gasteiger partial charge in [0.05, 0.1) is 9.82 Å². The van der Waals surface area contributed by atoms with Crippen molar-refractivity contribution in [1.82, 2.24) is 4.72 Å². The largest absolute Gasteiger partial charge is 0.270 e. The molecule has 22 heavy (non-hydrogen) atoms. The van der Waals surface area contributed by atoms with Crippen molar-refractivity contribution >= 4 is 15.7 Å². The minimum Gasteiger partial charge on any atom is -0.258 e. The molecule has 0 radical (unpaired) electrons. The predicted octanol–water partition coefficient (Wildman–Crippen LogP) is 2.68. The van der Waals surface area contributed by atoms with Gasteiger partial charge in [-0.2, -0.15) is 0 Å². The third-order valence-electron chi connectivity index (χ3n) is 3.29. The van der Waals surface area contributed by atoms with Gasteiger partial charge in [0.1, 0.15) is 0 Å². The molecule has 1 N–H and O–H groups in total. The van der Waals surface area contributed by atoms with E-state index >= 15 is 0 Å². The highest BCUT2D eigenvalue weighted by atomic mass is 32.2. The zero-order chi connectivity index (χ0) is 16.2. The molecule has 0 saturated carbocycles. The molecule has 0 aliphatic rings. The first-order valence-corrected chi connectivity index (χ1v) is 8.17. The maximum atomic E-state index is 12.2. The van der Waals surface area contributed by atoms with E-state index in [4.69, 9.17) is 0 Å². The van der Waals surface area contributed by atoms with Gasteiger partial charge in [-0.1, -0.05) is 43.3 Å². The molecule has 0 fully saturated rings. The minimum atomic E-state index is -3.77. The van der Waals surface area contributed by atoms with Crippen LogP contribution in [0.4, 0.5) is 5.69 Å². The molecule has 0 aliphatic heterocycles. The Morgan fingerprint density at radius 3 is 2.45 bits per heavy atom. The molecule has 0 bridgehead atoms. The van der Waals surface area contributed by atoms with Gasteiger partial charge >= 0.3 is 0 Å². The second-order valence-electron chi connectivity index (χ2n) is 4.92. The normalized spacial score (nSPS) is 12.8. The summed E-state index contributed by atoms with van der Waals surface area (Å²) in [6, 6.07) is 14.5. The number of hydrogen-bond acceptors (Lipinski definition) is 4. The molecule has 0 saturated heterocycles. The lowest BCUT2D eigenvalue weighted by Gasteiger charge is -2.13. The van der Waals surface area contributed by atoms with E-state index in [-0.39, 0.29) is 23.0 Å². The predicted molar refractivity (Wildman–Crippen MR) is 83.1 cm³/mol. The van der Waals surface area contributed by atoms with E-state index in [1.54, 1.807) is 0 Å². The quantitative estimate of drug-likeness (QED) is 0.654. The molecular weight excluding hydrogens is 304 g/mol. The van der Waals surface area contributed by atoms with Gasteiger partial charge in [0.15, 0.2) is 0 Å². The number of sulfonamides is 1. The van der Waals surface area contributed by atoms with Crippen LogP contribution in [0, 0.1) is 10.1 Å². The van der Waals surface area contributed by atoms with Crippen molar-refractivity contribution in [3.05, 3.63) is 70.3 Å². The van der Waals surface area contributed by atoms with Crippen LogP contribution in [0.2, 0.25) is 0 Å². The highest BCUT2D eigenvalue weighted by Crippen LogP contribution is 2.18. The van der Waals surface area contributed by atoms with Gasteiger partial charge in [-0.3, -0.25) is 10.1 Å². The van der Waals surface area contributed by atoms with E-state index in [1.165, 1.54) is 18.2 Å². The van der Waals surface area contributed by atoms with Crippen molar-refractivity contribution in [2.75, 3.05) is 6.54 Å². The van der Waals surface area contributed by atoms with Gasteiger partial charge in [-0.25, -0.2) is 13.1 Å². The Morgan fingerprint density at radius 1 is 1.14 bits per heavy atom. The van der Waals surface area contributed by atoms with Crippen molar-refractivity contribution in [2.24, 2.45) is 0 Å². The lowest BCUT2D eigenvalue weighted by molar-refractivity contribution is -0.385. The number of nitrogens with one attached hydrogen (secondary N) is 1. The Balaban J connectivity index is 2.11. The summed E-state index contributed by atoms with van der Waals surface area (Å²) in [6.07, 6.45) is 0. The lowest BCUT2D eigenvalue weighted by atomic mass is 10.0. The molecule has 0 aromatic heterocycles. The maximum absolute atomic E-state index is 12.2. The number of nitrogens with zero attached hydrogens (tertiary/aromatic N) is 1. The summed E-state index contributed by atoms with van der Waals surface area (Å²) in [5.74, 6) is -0.00493. The van der Waals surface area contributed by atoms with E-state index in [0.717, 1.165) is 11.6 Å². The molecule has 0 aliphatic carbocycles. The van der Waals surface area contributed by atoms with Crippen LogP contribution in [-0.2, 0) is 10.0 Å². The second kappa shape index (κ2) is 6.67. The molecular formula is C15H16N2O4S. The Hall–Kier alpha value is -2.25. The molecule has 0 amide bonds.